The summed E-state index contributed by atoms with van der Waals surface area (Å²) in [5.41, 5.74) is 1.20. The van der Waals surface area contributed by atoms with E-state index in [1.807, 2.05) is 18.2 Å². The lowest BCUT2D eigenvalue weighted by atomic mass is 9.99. The molecule has 1 rings (SSSR count). The minimum Gasteiger partial charge on any atom is -0.0843 e. The third-order valence-corrected chi connectivity index (χ3v) is 3.21. The molecule has 0 N–H and O–H groups in total. The first-order valence-electron chi connectivity index (χ1n) is 5.07. The molecule has 0 nitrogen and oxygen atoms in total. The number of hydrogen-bond donors (Lipinski definition) is 0. The van der Waals surface area contributed by atoms with E-state index in [1.54, 1.807) is 0 Å². The summed E-state index contributed by atoms with van der Waals surface area (Å²) in [5.74, 6) is 0.766. The van der Waals surface area contributed by atoms with Gasteiger partial charge in [-0.2, -0.15) is 0 Å². The Morgan fingerprint density at radius 2 is 2.00 bits per heavy atom. The van der Waals surface area contributed by atoms with E-state index < -0.39 is 0 Å². The predicted octanol–water partition coefficient (Wildman–Crippen LogP) is 4.97. The summed E-state index contributed by atoms with van der Waals surface area (Å²) >= 11 is 11.9. The Morgan fingerprint density at radius 1 is 1.29 bits per heavy atom. The molecule has 0 aromatic heterocycles. The van der Waals surface area contributed by atoms with Crippen LogP contribution in [0, 0.1) is 5.92 Å². The quantitative estimate of drug-likeness (QED) is 0.686. The number of rotatable bonds is 4. The maximum absolute atomic E-state index is 6.07. The van der Waals surface area contributed by atoms with Gasteiger partial charge in [-0.1, -0.05) is 49.5 Å². The summed E-state index contributed by atoms with van der Waals surface area (Å²) in [6.07, 6.45) is 3.47. The fraction of sp³-hybridized carbons (Fsp3) is 0.500. The Kier molecular flexibility index (Phi) is 4.77. The van der Waals surface area contributed by atoms with Gasteiger partial charge >= 0.3 is 0 Å². The maximum atomic E-state index is 6.07. The van der Waals surface area contributed by atoms with Crippen molar-refractivity contribution >= 4 is 23.2 Å². The van der Waals surface area contributed by atoms with E-state index in [1.165, 1.54) is 18.4 Å². The van der Waals surface area contributed by atoms with Crippen molar-refractivity contribution in [2.75, 3.05) is 0 Å². The largest absolute Gasteiger partial charge is 0.0843 e. The lowest BCUT2D eigenvalue weighted by Gasteiger charge is -2.09. The van der Waals surface area contributed by atoms with Gasteiger partial charge in [0.25, 0.3) is 0 Å². The maximum Gasteiger partial charge on any atom is 0.0452 e. The third-order valence-electron chi connectivity index (χ3n) is 2.62. The zero-order valence-electron chi connectivity index (χ0n) is 8.69. The van der Waals surface area contributed by atoms with Crippen molar-refractivity contribution in [1.29, 1.82) is 0 Å². The minimum absolute atomic E-state index is 0.710. The fourth-order valence-corrected chi connectivity index (χ4v) is 1.83. The van der Waals surface area contributed by atoms with Crippen LogP contribution in [0.3, 0.4) is 0 Å². The first kappa shape index (κ1) is 11.9. The van der Waals surface area contributed by atoms with Crippen LogP contribution in [0.25, 0.3) is 0 Å². The molecule has 2 heteroatoms. The average molecular weight is 231 g/mol. The molecule has 1 aromatic carbocycles. The molecule has 0 amide bonds. The molecule has 0 heterocycles. The molecule has 0 fully saturated rings. The molecule has 0 saturated heterocycles. The normalized spacial score (nSPS) is 12.9. The van der Waals surface area contributed by atoms with E-state index in [0.29, 0.717) is 5.02 Å². The van der Waals surface area contributed by atoms with Crippen LogP contribution in [0.15, 0.2) is 18.2 Å². The predicted molar refractivity (Wildman–Crippen MR) is 64.2 cm³/mol. The standard InChI is InChI=1S/C12H16Cl2/c1-3-9(2)4-5-10-6-7-11(13)8-12(10)14/h6-9H,3-5H2,1-2H3/t9-/m0/s1. The number of hydrogen-bond acceptors (Lipinski definition) is 0. The summed E-state index contributed by atoms with van der Waals surface area (Å²) in [6.45, 7) is 4.48. The lowest BCUT2D eigenvalue weighted by Crippen LogP contribution is -1.95. The van der Waals surface area contributed by atoms with Crippen molar-refractivity contribution in [1.82, 2.24) is 0 Å². The zero-order valence-corrected chi connectivity index (χ0v) is 10.2. The van der Waals surface area contributed by atoms with Gasteiger partial charge in [0.1, 0.15) is 0 Å². The van der Waals surface area contributed by atoms with Gasteiger partial charge in [0.05, 0.1) is 0 Å². The Hall–Kier alpha value is -0.200. The van der Waals surface area contributed by atoms with Crippen molar-refractivity contribution in [2.24, 2.45) is 5.92 Å². The first-order chi connectivity index (χ1) is 6.63. The zero-order chi connectivity index (χ0) is 10.6. The highest BCUT2D eigenvalue weighted by Gasteiger charge is 2.04. The van der Waals surface area contributed by atoms with Gasteiger partial charge in [-0.15, -0.1) is 0 Å². The van der Waals surface area contributed by atoms with Crippen molar-refractivity contribution in [3.05, 3.63) is 33.8 Å². The van der Waals surface area contributed by atoms with E-state index in [0.717, 1.165) is 17.4 Å². The minimum atomic E-state index is 0.710. The van der Waals surface area contributed by atoms with Crippen LogP contribution >= 0.6 is 23.2 Å². The molecule has 78 valence electrons. The molecule has 1 atom stereocenters. The number of halogens is 2. The second-order valence-corrected chi connectivity index (χ2v) is 4.63. The molecule has 0 radical (unpaired) electrons. The molecule has 14 heavy (non-hydrogen) atoms. The van der Waals surface area contributed by atoms with Crippen molar-refractivity contribution < 1.29 is 0 Å². The molecule has 0 aliphatic carbocycles. The van der Waals surface area contributed by atoms with Gasteiger partial charge in [0.15, 0.2) is 0 Å². The SMILES string of the molecule is CC[C@H](C)CCc1ccc(Cl)cc1Cl. The monoisotopic (exact) mass is 230 g/mol. The highest BCUT2D eigenvalue weighted by Crippen LogP contribution is 2.23. The molecule has 0 bridgehead atoms. The fourth-order valence-electron chi connectivity index (χ4n) is 1.33. The molecule has 0 saturated carbocycles. The van der Waals surface area contributed by atoms with E-state index >= 15 is 0 Å². The van der Waals surface area contributed by atoms with Crippen LogP contribution in [-0.4, -0.2) is 0 Å². The van der Waals surface area contributed by atoms with E-state index in [-0.39, 0.29) is 0 Å². The van der Waals surface area contributed by atoms with Gasteiger partial charge in [-0.25, -0.2) is 0 Å². The van der Waals surface area contributed by atoms with Crippen molar-refractivity contribution in [3.8, 4) is 0 Å². The third kappa shape index (κ3) is 3.51. The van der Waals surface area contributed by atoms with Crippen LogP contribution < -0.4 is 0 Å². The smallest absolute Gasteiger partial charge is 0.0452 e. The number of benzene rings is 1. The van der Waals surface area contributed by atoms with Crippen LogP contribution in [0.5, 0.6) is 0 Å². The summed E-state index contributed by atoms with van der Waals surface area (Å²) in [7, 11) is 0. The van der Waals surface area contributed by atoms with Crippen LogP contribution in [0.1, 0.15) is 32.3 Å². The summed E-state index contributed by atoms with van der Waals surface area (Å²) in [4.78, 5) is 0. The Labute approximate surface area is 96.2 Å². The second-order valence-electron chi connectivity index (χ2n) is 3.79. The number of aryl methyl sites for hydroxylation is 1. The van der Waals surface area contributed by atoms with Crippen molar-refractivity contribution in [3.63, 3.8) is 0 Å². The highest BCUT2D eigenvalue weighted by atomic mass is 35.5. The Bertz CT molecular complexity index is 294. The van der Waals surface area contributed by atoms with Crippen molar-refractivity contribution in [2.45, 2.75) is 33.1 Å². The van der Waals surface area contributed by atoms with Gasteiger partial charge in [-0.05, 0) is 36.5 Å². The van der Waals surface area contributed by atoms with Crippen LogP contribution in [-0.2, 0) is 6.42 Å². The molecule has 0 aliphatic rings. The molecular weight excluding hydrogens is 215 g/mol. The summed E-state index contributed by atoms with van der Waals surface area (Å²) in [5, 5.41) is 1.50. The molecule has 1 aromatic rings. The van der Waals surface area contributed by atoms with Gasteiger partial charge in [-0.3, -0.25) is 0 Å². The van der Waals surface area contributed by atoms with Crippen LogP contribution in [0.4, 0.5) is 0 Å². The van der Waals surface area contributed by atoms with E-state index in [9.17, 15) is 0 Å². The van der Waals surface area contributed by atoms with Gasteiger partial charge < -0.3 is 0 Å². The summed E-state index contributed by atoms with van der Waals surface area (Å²) in [6, 6.07) is 5.74. The Balaban J connectivity index is 2.59. The van der Waals surface area contributed by atoms with E-state index in [2.05, 4.69) is 13.8 Å². The van der Waals surface area contributed by atoms with Crippen LogP contribution in [0.2, 0.25) is 10.0 Å². The molecule has 0 spiro atoms. The molecule has 0 aliphatic heterocycles. The lowest BCUT2D eigenvalue weighted by molar-refractivity contribution is 0.516. The van der Waals surface area contributed by atoms with E-state index in [4.69, 9.17) is 23.2 Å². The summed E-state index contributed by atoms with van der Waals surface area (Å²) < 4.78 is 0. The Morgan fingerprint density at radius 3 is 2.57 bits per heavy atom. The van der Waals surface area contributed by atoms with Gasteiger partial charge in [0.2, 0.25) is 0 Å². The molecular formula is C12H16Cl2. The average Bonchev–Trinajstić information content (AvgIpc) is 2.16. The first-order valence-corrected chi connectivity index (χ1v) is 5.83. The second kappa shape index (κ2) is 5.63. The molecule has 0 unspecified atom stereocenters. The topological polar surface area (TPSA) is 0 Å². The van der Waals surface area contributed by atoms with Gasteiger partial charge in [0, 0.05) is 10.0 Å². The highest BCUT2D eigenvalue weighted by molar-refractivity contribution is 6.35.